The molecule has 0 aromatic heterocycles. The molecule has 1 fully saturated rings. The fourth-order valence-corrected chi connectivity index (χ4v) is 4.20. The molecule has 2 unspecified atom stereocenters. The maximum Gasteiger partial charge on any atom is 0.408 e. The predicted molar refractivity (Wildman–Crippen MR) is 144 cm³/mol. The monoisotopic (exact) mass is 546 g/mol. The quantitative estimate of drug-likeness (QED) is 0.340. The van der Waals surface area contributed by atoms with Crippen LogP contribution < -0.4 is 16.4 Å². The highest BCUT2D eigenvalue weighted by Gasteiger charge is 2.42. The molecule has 0 spiro atoms. The standard InChI is InChI=1S/C28H42N4O7/c1-7-38-23(34)13-14-30-25(35)24(19-12-11-17(2)18(3)15-19)32(20-9-8-10-20)26(36)21(16-22(29)33)31-27(37)39-28(4,5)6/h11-12,15,20-21,24H,7-10,13-14,16H2,1-6H3,(H2,29,33)(H,30,35)(H,31,37). The van der Waals surface area contributed by atoms with E-state index < -0.39 is 53.9 Å². The van der Waals surface area contributed by atoms with E-state index in [0.717, 1.165) is 17.5 Å². The van der Waals surface area contributed by atoms with Crippen molar-refractivity contribution in [2.24, 2.45) is 5.73 Å². The number of hydrogen-bond acceptors (Lipinski definition) is 7. The summed E-state index contributed by atoms with van der Waals surface area (Å²) in [4.78, 5) is 65.4. The Bertz CT molecular complexity index is 1060. The van der Waals surface area contributed by atoms with Gasteiger partial charge in [-0.2, -0.15) is 0 Å². The maximum absolute atomic E-state index is 14.0. The summed E-state index contributed by atoms with van der Waals surface area (Å²) in [5.41, 5.74) is 7.11. The molecule has 0 radical (unpaired) electrons. The van der Waals surface area contributed by atoms with Crippen molar-refractivity contribution >= 4 is 29.8 Å². The van der Waals surface area contributed by atoms with Crippen LogP contribution in [0.2, 0.25) is 0 Å². The van der Waals surface area contributed by atoms with E-state index in [0.29, 0.717) is 18.4 Å². The molecule has 0 aliphatic heterocycles. The minimum Gasteiger partial charge on any atom is -0.466 e. The smallest absolute Gasteiger partial charge is 0.408 e. The van der Waals surface area contributed by atoms with Gasteiger partial charge in [-0.15, -0.1) is 0 Å². The number of primary amides is 1. The lowest BCUT2D eigenvalue weighted by atomic mass is 9.87. The van der Waals surface area contributed by atoms with Crippen LogP contribution in [0.1, 0.15) is 82.5 Å². The number of aryl methyl sites for hydroxylation is 2. The van der Waals surface area contributed by atoms with Crippen LogP contribution in [0.15, 0.2) is 18.2 Å². The molecule has 11 heteroatoms. The van der Waals surface area contributed by atoms with Gasteiger partial charge >= 0.3 is 12.1 Å². The van der Waals surface area contributed by atoms with E-state index in [2.05, 4.69) is 10.6 Å². The summed E-state index contributed by atoms with van der Waals surface area (Å²) in [6.45, 7) is 10.8. The molecule has 39 heavy (non-hydrogen) atoms. The van der Waals surface area contributed by atoms with Gasteiger partial charge in [0.25, 0.3) is 0 Å². The van der Waals surface area contributed by atoms with Crippen molar-refractivity contribution in [3.8, 4) is 0 Å². The van der Waals surface area contributed by atoms with Crippen molar-refractivity contribution < 1.29 is 33.4 Å². The highest BCUT2D eigenvalue weighted by molar-refractivity contribution is 5.95. The number of nitrogens with two attached hydrogens (primary N) is 1. The summed E-state index contributed by atoms with van der Waals surface area (Å²) >= 11 is 0. The fourth-order valence-electron chi connectivity index (χ4n) is 4.20. The van der Waals surface area contributed by atoms with Gasteiger partial charge in [-0.3, -0.25) is 19.2 Å². The molecule has 1 aromatic carbocycles. The zero-order valence-corrected chi connectivity index (χ0v) is 23.8. The number of carbonyl (C=O) groups is 5. The first-order chi connectivity index (χ1) is 18.2. The summed E-state index contributed by atoms with van der Waals surface area (Å²) < 4.78 is 10.2. The van der Waals surface area contributed by atoms with Crippen LogP contribution in [-0.4, -0.2) is 65.5 Å². The van der Waals surface area contributed by atoms with E-state index in [4.69, 9.17) is 15.2 Å². The summed E-state index contributed by atoms with van der Waals surface area (Å²) in [6, 6.07) is 2.79. The minimum absolute atomic E-state index is 0.0204. The Kier molecular flexibility index (Phi) is 11.3. The molecule has 216 valence electrons. The summed E-state index contributed by atoms with van der Waals surface area (Å²) in [5.74, 6) is -2.35. The number of alkyl carbamates (subject to hydrolysis) is 1. The van der Waals surface area contributed by atoms with E-state index in [1.54, 1.807) is 33.8 Å². The molecular weight excluding hydrogens is 504 g/mol. The summed E-state index contributed by atoms with van der Waals surface area (Å²) in [7, 11) is 0. The van der Waals surface area contributed by atoms with Crippen LogP contribution in [0.5, 0.6) is 0 Å². The Morgan fingerprint density at radius 1 is 1.10 bits per heavy atom. The number of carbonyl (C=O) groups excluding carboxylic acids is 5. The second kappa shape index (κ2) is 14.0. The van der Waals surface area contributed by atoms with Crippen molar-refractivity contribution in [1.29, 1.82) is 0 Å². The van der Waals surface area contributed by atoms with E-state index in [9.17, 15) is 24.0 Å². The zero-order valence-electron chi connectivity index (χ0n) is 23.8. The molecule has 2 rings (SSSR count). The lowest BCUT2D eigenvalue weighted by Crippen LogP contribution is -2.58. The van der Waals surface area contributed by atoms with Crippen molar-refractivity contribution in [3.63, 3.8) is 0 Å². The van der Waals surface area contributed by atoms with Crippen LogP contribution in [0, 0.1) is 13.8 Å². The molecule has 0 bridgehead atoms. The largest absolute Gasteiger partial charge is 0.466 e. The first kappa shape index (κ1) is 31.6. The number of hydrogen-bond donors (Lipinski definition) is 3. The third-order valence-electron chi connectivity index (χ3n) is 6.42. The highest BCUT2D eigenvalue weighted by Crippen LogP contribution is 2.34. The predicted octanol–water partition coefficient (Wildman–Crippen LogP) is 2.56. The fraction of sp³-hybridized carbons (Fsp3) is 0.607. The number of ether oxygens (including phenoxy) is 2. The molecule has 0 heterocycles. The highest BCUT2D eigenvalue weighted by atomic mass is 16.6. The van der Waals surface area contributed by atoms with Gasteiger partial charge in [0.2, 0.25) is 17.7 Å². The second-order valence-corrected chi connectivity index (χ2v) is 10.8. The van der Waals surface area contributed by atoms with Gasteiger partial charge in [-0.1, -0.05) is 18.2 Å². The average molecular weight is 547 g/mol. The molecule has 11 nitrogen and oxygen atoms in total. The van der Waals surface area contributed by atoms with Gasteiger partial charge in [0.05, 0.1) is 19.4 Å². The van der Waals surface area contributed by atoms with Crippen LogP contribution in [-0.2, 0) is 28.7 Å². The Balaban J connectivity index is 2.46. The number of nitrogens with zero attached hydrogens (tertiary/aromatic N) is 1. The Hall–Kier alpha value is -3.63. The zero-order chi connectivity index (χ0) is 29.3. The van der Waals surface area contributed by atoms with Crippen LogP contribution in [0.25, 0.3) is 0 Å². The molecule has 1 aliphatic carbocycles. The lowest BCUT2D eigenvalue weighted by molar-refractivity contribution is -0.148. The van der Waals surface area contributed by atoms with Gasteiger partial charge in [0.15, 0.2) is 0 Å². The summed E-state index contributed by atoms with van der Waals surface area (Å²) in [5, 5.41) is 5.24. The molecule has 1 saturated carbocycles. The van der Waals surface area contributed by atoms with E-state index >= 15 is 0 Å². The number of rotatable bonds is 12. The number of amides is 4. The van der Waals surface area contributed by atoms with Gasteiger partial charge in [0, 0.05) is 12.6 Å². The topological polar surface area (TPSA) is 157 Å². The van der Waals surface area contributed by atoms with Crippen LogP contribution >= 0.6 is 0 Å². The molecule has 2 atom stereocenters. The van der Waals surface area contributed by atoms with Gasteiger partial charge in [-0.25, -0.2) is 4.79 Å². The lowest BCUT2D eigenvalue weighted by Gasteiger charge is -2.43. The average Bonchev–Trinajstić information content (AvgIpc) is 2.77. The number of esters is 1. The second-order valence-electron chi connectivity index (χ2n) is 10.8. The van der Waals surface area contributed by atoms with E-state index in [-0.39, 0.29) is 25.6 Å². The van der Waals surface area contributed by atoms with E-state index in [1.165, 1.54) is 4.90 Å². The molecule has 1 aromatic rings. The SMILES string of the molecule is CCOC(=O)CCNC(=O)C(c1ccc(C)c(C)c1)N(C(=O)C(CC(N)=O)NC(=O)OC(C)(C)C)C1CCC1. The van der Waals surface area contributed by atoms with Gasteiger partial charge in [0.1, 0.15) is 17.7 Å². The van der Waals surface area contributed by atoms with E-state index in [1.807, 2.05) is 26.0 Å². The summed E-state index contributed by atoms with van der Waals surface area (Å²) in [6.07, 6.45) is 0.792. The molecule has 4 N–H and O–H groups in total. The molecular formula is C28H42N4O7. The third-order valence-corrected chi connectivity index (χ3v) is 6.42. The van der Waals surface area contributed by atoms with Crippen LogP contribution in [0.4, 0.5) is 4.79 Å². The number of benzene rings is 1. The first-order valence-corrected chi connectivity index (χ1v) is 13.3. The Morgan fingerprint density at radius 3 is 2.28 bits per heavy atom. The van der Waals surface area contributed by atoms with Gasteiger partial charge < -0.3 is 30.7 Å². The third kappa shape index (κ3) is 9.56. The first-order valence-electron chi connectivity index (χ1n) is 13.3. The van der Waals surface area contributed by atoms with Crippen LogP contribution in [0.3, 0.4) is 0 Å². The number of nitrogens with one attached hydrogen (secondary N) is 2. The van der Waals surface area contributed by atoms with Gasteiger partial charge in [-0.05, 0) is 77.5 Å². The van der Waals surface area contributed by atoms with Crippen molar-refractivity contribution in [2.45, 2.75) is 97.4 Å². The molecule has 1 aliphatic rings. The van der Waals surface area contributed by atoms with Crippen molar-refractivity contribution in [3.05, 3.63) is 34.9 Å². The molecule has 0 saturated heterocycles. The van der Waals surface area contributed by atoms with Crippen molar-refractivity contribution in [1.82, 2.24) is 15.5 Å². The normalized spacial score (nSPS) is 14.8. The molecule has 4 amide bonds. The van der Waals surface area contributed by atoms with Crippen molar-refractivity contribution in [2.75, 3.05) is 13.2 Å². The minimum atomic E-state index is -1.33. The maximum atomic E-state index is 14.0. The Labute approximate surface area is 230 Å². The Morgan fingerprint density at radius 2 is 1.77 bits per heavy atom.